The molecule has 2 N–H and O–H groups in total. The van der Waals surface area contributed by atoms with E-state index in [2.05, 4.69) is 0 Å². The van der Waals surface area contributed by atoms with Crippen molar-refractivity contribution in [2.75, 3.05) is 22.3 Å². The quantitative estimate of drug-likeness (QED) is 0.660. The Balaban J connectivity index is 1.89. The van der Waals surface area contributed by atoms with Crippen molar-refractivity contribution in [2.24, 2.45) is 5.92 Å². The Morgan fingerprint density at radius 1 is 1.17 bits per heavy atom. The number of carbonyl (C=O) groups is 2. The summed E-state index contributed by atoms with van der Waals surface area (Å²) < 4.78 is 27.7. The molecule has 0 spiro atoms. The number of carboxylic acid groups (broad SMARTS) is 1. The second kappa shape index (κ2) is 8.85. The highest BCUT2D eigenvalue weighted by Gasteiger charge is 2.35. The number of benzene rings is 2. The number of aliphatic carboxylic acids is 1. The fraction of sp³-hybridized carbons (Fsp3) is 0.333. The van der Waals surface area contributed by atoms with Crippen LogP contribution in [0.5, 0.6) is 0 Å². The maximum absolute atomic E-state index is 13.3. The first kappa shape index (κ1) is 21.8. The smallest absolute Gasteiger partial charge is 0.308 e. The topological polar surface area (TPSA) is 115 Å². The molecule has 1 fully saturated rings. The van der Waals surface area contributed by atoms with Gasteiger partial charge in [-0.15, -0.1) is 0 Å². The maximum atomic E-state index is 13.3. The highest BCUT2D eigenvalue weighted by atomic mass is 32.2. The summed E-state index contributed by atoms with van der Waals surface area (Å²) in [5.41, 5.74) is 0.885. The zero-order chi connectivity index (χ0) is 21.9. The number of anilines is 2. The summed E-state index contributed by atoms with van der Waals surface area (Å²) >= 11 is 0. The van der Waals surface area contributed by atoms with Crippen molar-refractivity contribution in [3.8, 4) is 0 Å². The first-order valence-electron chi connectivity index (χ1n) is 9.63. The summed E-state index contributed by atoms with van der Waals surface area (Å²) in [5, 5.41) is 19.2. The molecule has 2 aromatic rings. The molecule has 9 heteroatoms. The number of aliphatic hydroxyl groups excluding tert-OH is 1. The van der Waals surface area contributed by atoms with E-state index < -0.39 is 28.0 Å². The average Bonchev–Trinajstić information content (AvgIpc) is 3.14. The van der Waals surface area contributed by atoms with Crippen LogP contribution in [0.25, 0.3) is 0 Å². The SMILES string of the molecule is CCC(O)CN(c1ccccc1)S(=O)(=O)c1ccc(N2CC(C(=O)O)CC2=O)cc1. The van der Waals surface area contributed by atoms with E-state index >= 15 is 0 Å². The van der Waals surface area contributed by atoms with Crippen molar-refractivity contribution in [2.45, 2.75) is 30.8 Å². The number of hydrogen-bond donors (Lipinski definition) is 2. The number of sulfonamides is 1. The monoisotopic (exact) mass is 432 g/mol. The fourth-order valence-electron chi connectivity index (χ4n) is 3.30. The van der Waals surface area contributed by atoms with E-state index in [1.807, 2.05) is 0 Å². The van der Waals surface area contributed by atoms with Gasteiger partial charge in [-0.25, -0.2) is 8.42 Å². The van der Waals surface area contributed by atoms with Crippen molar-refractivity contribution in [1.82, 2.24) is 0 Å². The Labute approximate surface area is 175 Å². The molecule has 0 saturated carbocycles. The number of carboxylic acids is 1. The van der Waals surface area contributed by atoms with Crippen LogP contribution < -0.4 is 9.21 Å². The van der Waals surface area contributed by atoms with Crippen LogP contribution in [0.4, 0.5) is 11.4 Å². The van der Waals surface area contributed by atoms with Crippen LogP contribution >= 0.6 is 0 Å². The van der Waals surface area contributed by atoms with Crippen LogP contribution in [-0.2, 0) is 19.6 Å². The van der Waals surface area contributed by atoms with Crippen LogP contribution in [0.1, 0.15) is 19.8 Å². The Kier molecular flexibility index (Phi) is 6.42. The highest BCUT2D eigenvalue weighted by molar-refractivity contribution is 7.92. The summed E-state index contributed by atoms with van der Waals surface area (Å²) in [6.07, 6.45) is -0.500. The third-order valence-corrected chi connectivity index (χ3v) is 6.91. The molecule has 1 saturated heterocycles. The molecule has 1 heterocycles. The van der Waals surface area contributed by atoms with Gasteiger partial charge in [0.05, 0.1) is 29.1 Å². The Morgan fingerprint density at radius 2 is 1.80 bits per heavy atom. The van der Waals surface area contributed by atoms with Gasteiger partial charge in [0.2, 0.25) is 5.91 Å². The molecule has 0 aromatic heterocycles. The predicted octanol–water partition coefficient (Wildman–Crippen LogP) is 2.09. The lowest BCUT2D eigenvalue weighted by molar-refractivity contribution is -0.141. The fourth-order valence-corrected chi connectivity index (χ4v) is 4.81. The van der Waals surface area contributed by atoms with Crippen molar-refractivity contribution < 1.29 is 28.2 Å². The lowest BCUT2D eigenvalue weighted by atomic mass is 10.1. The zero-order valence-electron chi connectivity index (χ0n) is 16.5. The zero-order valence-corrected chi connectivity index (χ0v) is 17.3. The lowest BCUT2D eigenvalue weighted by Crippen LogP contribution is -2.37. The van der Waals surface area contributed by atoms with Crippen molar-refractivity contribution in [3.05, 3.63) is 54.6 Å². The van der Waals surface area contributed by atoms with E-state index in [1.165, 1.54) is 29.2 Å². The molecule has 0 aliphatic carbocycles. The van der Waals surface area contributed by atoms with E-state index in [4.69, 9.17) is 5.11 Å². The maximum Gasteiger partial charge on any atom is 0.308 e. The van der Waals surface area contributed by atoms with Crippen LogP contribution in [0.3, 0.4) is 0 Å². The summed E-state index contributed by atoms with van der Waals surface area (Å²) in [7, 11) is -3.96. The van der Waals surface area contributed by atoms with Crippen molar-refractivity contribution in [3.63, 3.8) is 0 Å². The van der Waals surface area contributed by atoms with E-state index in [-0.39, 0.29) is 30.3 Å². The first-order valence-corrected chi connectivity index (χ1v) is 11.1. The second-order valence-corrected chi connectivity index (χ2v) is 9.03. The lowest BCUT2D eigenvalue weighted by Gasteiger charge is -2.27. The molecule has 30 heavy (non-hydrogen) atoms. The van der Waals surface area contributed by atoms with Gasteiger partial charge >= 0.3 is 5.97 Å². The molecule has 8 nitrogen and oxygen atoms in total. The number of amides is 1. The van der Waals surface area contributed by atoms with Crippen LogP contribution in [0, 0.1) is 5.92 Å². The van der Waals surface area contributed by atoms with E-state index in [9.17, 15) is 23.1 Å². The highest BCUT2D eigenvalue weighted by Crippen LogP contribution is 2.29. The van der Waals surface area contributed by atoms with Crippen molar-refractivity contribution >= 4 is 33.3 Å². The molecular weight excluding hydrogens is 408 g/mol. The molecule has 2 atom stereocenters. The Morgan fingerprint density at radius 3 is 2.33 bits per heavy atom. The van der Waals surface area contributed by atoms with E-state index in [0.29, 0.717) is 17.8 Å². The van der Waals surface area contributed by atoms with Crippen LogP contribution in [0.2, 0.25) is 0 Å². The molecule has 1 aliphatic rings. The summed E-state index contributed by atoms with van der Waals surface area (Å²) in [6.45, 7) is 1.74. The molecule has 160 valence electrons. The molecule has 0 radical (unpaired) electrons. The van der Waals surface area contributed by atoms with Gasteiger partial charge in [0.1, 0.15) is 0 Å². The third kappa shape index (κ3) is 4.47. The number of rotatable bonds is 8. The molecule has 0 bridgehead atoms. The number of aliphatic hydroxyl groups is 1. The number of nitrogens with zero attached hydrogens (tertiary/aromatic N) is 2. The number of hydrogen-bond acceptors (Lipinski definition) is 5. The normalized spacial score (nSPS) is 17.7. The largest absolute Gasteiger partial charge is 0.481 e. The minimum absolute atomic E-state index is 0.0137. The second-order valence-electron chi connectivity index (χ2n) is 7.17. The van der Waals surface area contributed by atoms with Crippen LogP contribution in [-0.4, -0.2) is 49.7 Å². The van der Waals surface area contributed by atoms with Gasteiger partial charge in [-0.2, -0.15) is 0 Å². The predicted molar refractivity (Wildman–Crippen MR) is 112 cm³/mol. The van der Waals surface area contributed by atoms with Gasteiger partial charge in [-0.05, 0) is 42.8 Å². The van der Waals surface area contributed by atoms with Crippen molar-refractivity contribution in [1.29, 1.82) is 0 Å². The molecule has 2 unspecified atom stereocenters. The molecule has 1 aliphatic heterocycles. The average molecular weight is 432 g/mol. The van der Waals surface area contributed by atoms with Gasteiger partial charge in [0, 0.05) is 18.7 Å². The van der Waals surface area contributed by atoms with E-state index in [1.54, 1.807) is 37.3 Å². The number of para-hydroxylation sites is 1. The molecule has 2 aromatic carbocycles. The van der Waals surface area contributed by atoms with E-state index in [0.717, 1.165) is 4.31 Å². The molecular formula is C21H24N2O6S. The Bertz CT molecular complexity index is 1010. The molecule has 3 rings (SSSR count). The first-order chi connectivity index (χ1) is 14.2. The third-order valence-electron chi connectivity index (χ3n) is 5.10. The Hall–Kier alpha value is -2.91. The minimum atomic E-state index is -3.96. The van der Waals surface area contributed by atoms with Gasteiger partial charge in [-0.3, -0.25) is 13.9 Å². The van der Waals surface area contributed by atoms with Gasteiger partial charge < -0.3 is 15.1 Å². The van der Waals surface area contributed by atoms with Gasteiger partial charge in [0.25, 0.3) is 10.0 Å². The van der Waals surface area contributed by atoms with Crippen LogP contribution in [0.15, 0.2) is 59.5 Å². The number of carbonyl (C=O) groups excluding carboxylic acids is 1. The summed E-state index contributed by atoms with van der Waals surface area (Å²) in [4.78, 5) is 24.6. The van der Waals surface area contributed by atoms with Gasteiger partial charge in [0.15, 0.2) is 0 Å². The standard InChI is InChI=1S/C21H24N2O6S/c1-2-18(24)14-23(17-6-4-3-5-7-17)30(28,29)19-10-8-16(9-11-19)22-13-15(21(26)27)12-20(22)25/h3-11,15,18,24H,2,12-14H2,1H3,(H,26,27). The van der Waals surface area contributed by atoms with Gasteiger partial charge in [-0.1, -0.05) is 25.1 Å². The summed E-state index contributed by atoms with van der Waals surface area (Å²) in [5.74, 6) is -2.11. The summed E-state index contributed by atoms with van der Waals surface area (Å²) in [6, 6.07) is 14.3. The minimum Gasteiger partial charge on any atom is -0.481 e. The molecule has 1 amide bonds.